The van der Waals surface area contributed by atoms with Crippen molar-refractivity contribution < 1.29 is 46.6 Å². The van der Waals surface area contributed by atoms with Crippen LogP contribution in [0.5, 0.6) is 17.4 Å². The second kappa shape index (κ2) is 17.7. The molecule has 1 saturated heterocycles. The Morgan fingerprint density at radius 3 is 2.55 bits per heavy atom. The lowest BCUT2D eigenvalue weighted by molar-refractivity contribution is -0.140. The van der Waals surface area contributed by atoms with Crippen LogP contribution in [0.1, 0.15) is 101 Å². The number of hydrogen-bond donors (Lipinski definition) is 3. The molecule has 17 nitrogen and oxygen atoms in total. The van der Waals surface area contributed by atoms with Gasteiger partial charge in [-0.25, -0.2) is 13.4 Å². The van der Waals surface area contributed by atoms with E-state index in [0.29, 0.717) is 54.0 Å². The molecule has 2 aliphatic carbocycles. The Morgan fingerprint density at radius 2 is 1.84 bits per heavy atom. The van der Waals surface area contributed by atoms with Gasteiger partial charge in [-0.1, -0.05) is 25.0 Å². The van der Waals surface area contributed by atoms with Crippen LogP contribution in [0.2, 0.25) is 0 Å². The first kappa shape index (κ1) is 44.5. The number of rotatable bonds is 12. The molecule has 7 rings (SSSR count). The molecule has 2 saturated carbocycles. The molecular formula is C44H57N7O10S. The standard InChI is InChI=1S/C44H57N7O10S/c1-26(2)60-38-21-36(30-14-15-35(59-6)27(3)39(30)47-38)61-29-20-33-34(52)23-44(42(56)49-62(57,58)43(4)17-18-43)22-28(44)12-10-8-7-9-11-13-32(41(55)51(33)24-29)46-40(54)31-16-19-50(48-31)25-37(53)45-5/h10,12,14-16,19,21,26,28-29,32-33H,7-9,11,13,17-18,20,22-25H2,1-6H3,(H,45,53)(H,46,54)(H,49,56)/b12-10-/t28-,29-,32+,33+,44-/m1/s1. The number of ketones is 1. The van der Waals surface area contributed by atoms with Gasteiger partial charge >= 0.3 is 0 Å². The minimum atomic E-state index is -3.99. The third-order valence-electron chi connectivity index (χ3n) is 12.6. The van der Waals surface area contributed by atoms with E-state index in [4.69, 9.17) is 19.2 Å². The summed E-state index contributed by atoms with van der Waals surface area (Å²) in [5.74, 6) is -1.56. The van der Waals surface area contributed by atoms with Crippen LogP contribution in [0.3, 0.4) is 0 Å². The van der Waals surface area contributed by atoms with Gasteiger partial charge in [-0.3, -0.25) is 33.4 Å². The number of aromatic nitrogens is 3. The Hall–Kier alpha value is -5.52. The molecule has 18 heteroatoms. The highest BCUT2D eigenvalue weighted by atomic mass is 32.2. The number of hydrogen-bond acceptors (Lipinski definition) is 12. The van der Waals surface area contributed by atoms with Gasteiger partial charge in [-0.15, -0.1) is 0 Å². The molecule has 0 spiro atoms. The molecule has 4 aliphatic rings. The van der Waals surface area contributed by atoms with Gasteiger partial charge in [0.25, 0.3) is 5.91 Å². The van der Waals surface area contributed by atoms with Crippen LogP contribution in [-0.4, -0.2) is 107 Å². The van der Waals surface area contributed by atoms with Gasteiger partial charge in [-0.05, 0) is 90.3 Å². The predicted octanol–water partition coefficient (Wildman–Crippen LogP) is 3.91. The molecule has 2 aliphatic heterocycles. The van der Waals surface area contributed by atoms with Crippen LogP contribution in [0.25, 0.3) is 10.9 Å². The van der Waals surface area contributed by atoms with E-state index in [9.17, 15) is 32.4 Å². The maximum Gasteiger partial charge on any atom is 0.272 e. The summed E-state index contributed by atoms with van der Waals surface area (Å²) in [5, 5.41) is 10.3. The molecule has 0 bridgehead atoms. The highest BCUT2D eigenvalue weighted by molar-refractivity contribution is 7.91. The van der Waals surface area contributed by atoms with Gasteiger partial charge in [0.2, 0.25) is 33.6 Å². The molecule has 4 heterocycles. The van der Waals surface area contributed by atoms with Crippen LogP contribution < -0.4 is 29.6 Å². The second-order valence-electron chi connectivity index (χ2n) is 17.6. The van der Waals surface area contributed by atoms with E-state index < -0.39 is 61.9 Å². The molecule has 334 valence electrons. The Morgan fingerprint density at radius 1 is 1.06 bits per heavy atom. The molecule has 5 atom stereocenters. The summed E-state index contributed by atoms with van der Waals surface area (Å²) in [6.07, 6.45) is 8.40. The number of Topliss-reactive ketones (excluding diaryl/α,β-unsaturated/α-hetero) is 1. The maximum absolute atomic E-state index is 14.9. The SMILES string of the molecule is CNC(=O)Cn1ccc(C(=O)N[C@H]2CCCCC/C=C\[C@@H]3C[C@@]3(C(=O)NS(=O)(=O)C3(C)CC3)CC(=O)[C@@H]3C[C@@H](Oc4cc(OC(C)C)nc5c(C)c(OC)ccc45)CN3C2=O)n1. The zero-order valence-corrected chi connectivity index (χ0v) is 37.0. The molecule has 0 radical (unpaired) electrons. The van der Waals surface area contributed by atoms with Crippen molar-refractivity contribution in [3.05, 3.63) is 53.9 Å². The van der Waals surface area contributed by atoms with Gasteiger partial charge < -0.3 is 29.7 Å². The van der Waals surface area contributed by atoms with Crippen molar-refractivity contribution in [1.29, 1.82) is 0 Å². The fourth-order valence-electron chi connectivity index (χ4n) is 8.47. The van der Waals surface area contributed by atoms with Crippen molar-refractivity contribution in [2.45, 2.75) is 127 Å². The van der Waals surface area contributed by atoms with Crippen molar-refractivity contribution in [3.8, 4) is 17.4 Å². The highest BCUT2D eigenvalue weighted by Gasteiger charge is 2.62. The molecule has 3 aromatic rings. The number of carbonyl (C=O) groups excluding carboxylic acids is 5. The number of sulfonamides is 1. The number of benzene rings is 1. The average Bonchev–Trinajstić information content (AvgIpc) is 4.01. The summed E-state index contributed by atoms with van der Waals surface area (Å²) in [6.45, 7) is 7.11. The Labute approximate surface area is 361 Å². The van der Waals surface area contributed by atoms with Crippen LogP contribution in [0, 0.1) is 18.3 Å². The van der Waals surface area contributed by atoms with Gasteiger partial charge in [0.05, 0.1) is 41.5 Å². The third-order valence-corrected chi connectivity index (χ3v) is 14.8. The van der Waals surface area contributed by atoms with E-state index in [0.717, 1.165) is 18.4 Å². The number of likely N-dealkylation sites (N-methyl/N-ethyl adjacent to an activating group) is 1. The number of allylic oxidation sites excluding steroid dienone is 2. The second-order valence-corrected chi connectivity index (χ2v) is 19.8. The van der Waals surface area contributed by atoms with Crippen molar-refractivity contribution >= 4 is 50.3 Å². The number of ether oxygens (including phenoxy) is 3. The van der Waals surface area contributed by atoms with E-state index in [-0.39, 0.29) is 62.4 Å². The molecule has 1 aromatic carbocycles. The number of fused-ring (bicyclic) bond motifs is 3. The Bertz CT molecular complexity index is 2390. The smallest absolute Gasteiger partial charge is 0.272 e. The van der Waals surface area contributed by atoms with E-state index in [1.165, 1.54) is 28.9 Å². The van der Waals surface area contributed by atoms with Crippen molar-refractivity contribution in [1.82, 2.24) is 35.0 Å². The van der Waals surface area contributed by atoms with E-state index in [2.05, 4.69) is 20.5 Å². The number of pyridine rings is 1. The normalized spacial score (nSPS) is 25.4. The summed E-state index contributed by atoms with van der Waals surface area (Å²) in [5.41, 5.74) is 0.0484. The molecular weight excluding hydrogens is 819 g/mol. The van der Waals surface area contributed by atoms with Crippen LogP contribution in [0.4, 0.5) is 0 Å². The Kier molecular flexibility index (Phi) is 12.7. The summed E-state index contributed by atoms with van der Waals surface area (Å²) in [4.78, 5) is 75.6. The zero-order valence-electron chi connectivity index (χ0n) is 36.2. The minimum absolute atomic E-state index is 0.0108. The number of aryl methyl sites for hydroxylation is 1. The molecule has 0 unspecified atom stereocenters. The van der Waals surface area contributed by atoms with E-state index >= 15 is 0 Å². The van der Waals surface area contributed by atoms with Gasteiger partial charge in [0.15, 0.2) is 5.78 Å². The molecule has 3 fully saturated rings. The molecule has 3 N–H and O–H groups in total. The lowest BCUT2D eigenvalue weighted by Gasteiger charge is -2.29. The highest BCUT2D eigenvalue weighted by Crippen LogP contribution is 2.57. The Balaban J connectivity index is 1.22. The molecule has 62 heavy (non-hydrogen) atoms. The van der Waals surface area contributed by atoms with Crippen molar-refractivity contribution in [2.75, 3.05) is 20.7 Å². The van der Waals surface area contributed by atoms with E-state index in [1.54, 1.807) is 20.1 Å². The lowest BCUT2D eigenvalue weighted by Crippen LogP contribution is -2.52. The first-order valence-electron chi connectivity index (χ1n) is 21.4. The third kappa shape index (κ3) is 9.29. The lowest BCUT2D eigenvalue weighted by atomic mass is 9.91. The molecule has 4 amide bonds. The van der Waals surface area contributed by atoms with Gasteiger partial charge in [-0.2, -0.15) is 5.10 Å². The molecule has 2 aromatic heterocycles. The van der Waals surface area contributed by atoms with Crippen LogP contribution in [-0.2, 0) is 35.7 Å². The number of methoxy groups -OCH3 is 1. The number of carbonyl (C=O) groups is 5. The number of nitrogens with one attached hydrogen (secondary N) is 3. The first-order valence-corrected chi connectivity index (χ1v) is 22.9. The maximum atomic E-state index is 14.9. The van der Waals surface area contributed by atoms with E-state index in [1.807, 2.05) is 45.1 Å². The average molecular weight is 876 g/mol. The summed E-state index contributed by atoms with van der Waals surface area (Å²) in [6, 6.07) is 4.65. The van der Waals surface area contributed by atoms with Crippen molar-refractivity contribution in [3.63, 3.8) is 0 Å². The monoisotopic (exact) mass is 875 g/mol. The quantitative estimate of drug-likeness (QED) is 0.221. The zero-order chi connectivity index (χ0) is 44.6. The fraction of sp³-hybridized carbons (Fsp3) is 0.568. The van der Waals surface area contributed by atoms with Gasteiger partial charge in [0.1, 0.15) is 35.9 Å². The summed E-state index contributed by atoms with van der Waals surface area (Å²) < 4.78 is 47.5. The minimum Gasteiger partial charge on any atom is -0.496 e. The number of amides is 4. The largest absolute Gasteiger partial charge is 0.496 e. The van der Waals surface area contributed by atoms with Gasteiger partial charge in [0, 0.05) is 43.1 Å². The fourth-order valence-corrected chi connectivity index (χ4v) is 9.81. The summed E-state index contributed by atoms with van der Waals surface area (Å²) >= 11 is 0. The van der Waals surface area contributed by atoms with Crippen LogP contribution >= 0.6 is 0 Å². The topological polar surface area (TPSA) is 217 Å². The van der Waals surface area contributed by atoms with Crippen molar-refractivity contribution in [2.24, 2.45) is 11.3 Å². The number of nitrogens with zero attached hydrogens (tertiary/aromatic N) is 4. The first-order chi connectivity index (χ1) is 29.5. The predicted molar refractivity (Wildman–Crippen MR) is 228 cm³/mol. The summed E-state index contributed by atoms with van der Waals surface area (Å²) in [7, 11) is -0.925. The van der Waals surface area contributed by atoms with Crippen LogP contribution in [0.15, 0.2) is 42.6 Å².